The molecule has 1 radical (unpaired) electrons. The SMILES string of the molecule is [CH2]CCOc1ccc(-n2c(N)c(C(=O)c3ccc(F)cc3)ccc2=O)cc1. The minimum Gasteiger partial charge on any atom is -0.494 e. The van der Waals surface area contributed by atoms with E-state index in [1.54, 1.807) is 24.3 Å². The number of hydrogen-bond acceptors (Lipinski definition) is 4. The van der Waals surface area contributed by atoms with Crippen LogP contribution in [0, 0.1) is 12.7 Å². The van der Waals surface area contributed by atoms with Crippen LogP contribution in [0.3, 0.4) is 0 Å². The fourth-order valence-electron chi connectivity index (χ4n) is 2.65. The van der Waals surface area contributed by atoms with E-state index >= 15 is 0 Å². The highest BCUT2D eigenvalue weighted by Crippen LogP contribution is 2.21. The summed E-state index contributed by atoms with van der Waals surface area (Å²) in [6.45, 7) is 4.19. The Balaban J connectivity index is 1.99. The van der Waals surface area contributed by atoms with Gasteiger partial charge in [0.2, 0.25) is 0 Å². The first-order valence-corrected chi connectivity index (χ1v) is 8.35. The second-order valence-electron chi connectivity index (χ2n) is 5.84. The zero-order valence-electron chi connectivity index (χ0n) is 14.5. The van der Waals surface area contributed by atoms with Gasteiger partial charge in [-0.05, 0) is 67.9 Å². The highest BCUT2D eigenvalue weighted by atomic mass is 19.1. The summed E-state index contributed by atoms with van der Waals surface area (Å²) < 4.78 is 19.8. The Morgan fingerprint density at radius 1 is 1.04 bits per heavy atom. The summed E-state index contributed by atoms with van der Waals surface area (Å²) in [5.41, 5.74) is 6.72. The van der Waals surface area contributed by atoms with Crippen molar-refractivity contribution in [2.24, 2.45) is 0 Å². The smallest absolute Gasteiger partial charge is 0.256 e. The monoisotopic (exact) mass is 365 g/mol. The molecule has 0 fully saturated rings. The Morgan fingerprint density at radius 2 is 1.70 bits per heavy atom. The molecule has 0 atom stereocenters. The van der Waals surface area contributed by atoms with Crippen molar-refractivity contribution in [3.63, 3.8) is 0 Å². The first kappa shape index (κ1) is 18.4. The summed E-state index contributed by atoms with van der Waals surface area (Å²) in [6, 6.07) is 14.6. The van der Waals surface area contributed by atoms with Gasteiger partial charge in [0.1, 0.15) is 17.4 Å². The molecule has 137 valence electrons. The lowest BCUT2D eigenvalue weighted by Crippen LogP contribution is -2.23. The van der Waals surface area contributed by atoms with E-state index in [1.807, 2.05) is 0 Å². The van der Waals surface area contributed by atoms with Crippen molar-refractivity contribution in [1.29, 1.82) is 0 Å². The molecule has 0 amide bonds. The van der Waals surface area contributed by atoms with Crippen molar-refractivity contribution in [3.05, 3.63) is 94.9 Å². The molecule has 2 N–H and O–H groups in total. The van der Waals surface area contributed by atoms with Crippen LogP contribution in [0.1, 0.15) is 22.3 Å². The summed E-state index contributed by atoms with van der Waals surface area (Å²) in [6.07, 6.45) is 0.641. The van der Waals surface area contributed by atoms with Gasteiger partial charge >= 0.3 is 0 Å². The van der Waals surface area contributed by atoms with Gasteiger partial charge in [0.25, 0.3) is 5.56 Å². The third-order valence-corrected chi connectivity index (χ3v) is 3.99. The van der Waals surface area contributed by atoms with Crippen molar-refractivity contribution in [2.75, 3.05) is 12.3 Å². The first-order valence-electron chi connectivity index (χ1n) is 8.35. The largest absolute Gasteiger partial charge is 0.494 e. The molecule has 6 heteroatoms. The van der Waals surface area contributed by atoms with Crippen LogP contribution >= 0.6 is 0 Å². The molecule has 0 unspecified atom stereocenters. The van der Waals surface area contributed by atoms with Gasteiger partial charge in [-0.3, -0.25) is 14.2 Å². The second kappa shape index (κ2) is 7.86. The van der Waals surface area contributed by atoms with Gasteiger partial charge in [-0.2, -0.15) is 0 Å². The van der Waals surface area contributed by atoms with E-state index in [4.69, 9.17) is 10.5 Å². The maximum absolute atomic E-state index is 13.1. The number of aromatic nitrogens is 1. The van der Waals surface area contributed by atoms with E-state index in [0.717, 1.165) is 0 Å². The minimum absolute atomic E-state index is 0.0169. The number of halogens is 1. The molecule has 0 saturated carbocycles. The number of benzene rings is 2. The molecular weight excluding hydrogens is 347 g/mol. The van der Waals surface area contributed by atoms with Crippen LogP contribution in [0.4, 0.5) is 10.2 Å². The van der Waals surface area contributed by atoms with Crippen LogP contribution in [0.5, 0.6) is 5.75 Å². The molecule has 0 aliphatic heterocycles. The second-order valence-corrected chi connectivity index (χ2v) is 5.84. The summed E-state index contributed by atoms with van der Waals surface area (Å²) in [7, 11) is 0. The van der Waals surface area contributed by atoms with Crippen molar-refractivity contribution in [2.45, 2.75) is 6.42 Å². The Hall–Kier alpha value is -3.41. The number of anilines is 1. The number of carbonyl (C=O) groups is 1. The van der Waals surface area contributed by atoms with Crippen molar-refractivity contribution in [3.8, 4) is 11.4 Å². The van der Waals surface area contributed by atoms with Gasteiger partial charge in [0.05, 0.1) is 17.9 Å². The van der Waals surface area contributed by atoms with E-state index in [9.17, 15) is 14.0 Å². The zero-order chi connectivity index (χ0) is 19.4. The molecule has 3 rings (SSSR count). The third-order valence-electron chi connectivity index (χ3n) is 3.99. The predicted octanol–water partition coefficient (Wildman–Crippen LogP) is 3.39. The summed E-state index contributed by atoms with van der Waals surface area (Å²) in [4.78, 5) is 25.0. The lowest BCUT2D eigenvalue weighted by atomic mass is 10.0. The Kier molecular flexibility index (Phi) is 5.35. The number of hydrogen-bond donors (Lipinski definition) is 1. The fraction of sp³-hybridized carbons (Fsp3) is 0.0952. The number of carbonyl (C=O) groups excluding carboxylic acids is 1. The van der Waals surface area contributed by atoms with Gasteiger partial charge in [-0.1, -0.05) is 0 Å². The van der Waals surface area contributed by atoms with Gasteiger partial charge in [0.15, 0.2) is 5.78 Å². The summed E-state index contributed by atoms with van der Waals surface area (Å²) in [5.74, 6) is -0.168. The molecule has 0 spiro atoms. The standard InChI is InChI=1S/C21H18FN2O3/c1-2-13-27-17-9-7-16(8-10-17)24-19(25)12-11-18(21(24)23)20(26)14-3-5-15(22)6-4-14/h3-12H,1-2,13,23H2. The first-order chi connectivity index (χ1) is 13.0. The zero-order valence-corrected chi connectivity index (χ0v) is 14.5. The highest BCUT2D eigenvalue weighted by molar-refractivity contribution is 6.11. The number of ether oxygens (including phenoxy) is 1. The molecule has 27 heavy (non-hydrogen) atoms. The maximum Gasteiger partial charge on any atom is 0.256 e. The van der Waals surface area contributed by atoms with Crippen LogP contribution in [-0.2, 0) is 0 Å². The molecule has 3 aromatic rings. The molecule has 0 saturated heterocycles. The van der Waals surface area contributed by atoms with Crippen molar-refractivity contribution < 1.29 is 13.9 Å². The average molecular weight is 365 g/mol. The van der Waals surface area contributed by atoms with Crippen LogP contribution in [-0.4, -0.2) is 17.0 Å². The van der Waals surface area contributed by atoms with E-state index in [1.165, 1.54) is 41.0 Å². The summed E-state index contributed by atoms with van der Waals surface area (Å²) in [5, 5.41) is 0. The molecule has 0 bridgehead atoms. The normalized spacial score (nSPS) is 10.6. The molecule has 1 aromatic heterocycles. The molecule has 0 aliphatic carbocycles. The van der Waals surface area contributed by atoms with Crippen molar-refractivity contribution >= 4 is 11.6 Å². The number of nitrogens with two attached hydrogens (primary N) is 1. The minimum atomic E-state index is -0.439. The fourth-order valence-corrected chi connectivity index (χ4v) is 2.65. The Bertz CT molecular complexity index is 1010. The van der Waals surface area contributed by atoms with Gasteiger partial charge in [0, 0.05) is 11.6 Å². The predicted molar refractivity (Wildman–Crippen MR) is 102 cm³/mol. The quantitative estimate of drug-likeness (QED) is 0.680. The third kappa shape index (κ3) is 3.89. The Labute approximate surface area is 155 Å². The topological polar surface area (TPSA) is 74.3 Å². The molecular formula is C21H18FN2O3. The number of pyridine rings is 1. The molecule has 5 nitrogen and oxygen atoms in total. The molecule has 2 aromatic carbocycles. The van der Waals surface area contributed by atoms with Gasteiger partial charge in [-0.25, -0.2) is 4.39 Å². The van der Waals surface area contributed by atoms with Crippen molar-refractivity contribution in [1.82, 2.24) is 4.57 Å². The summed E-state index contributed by atoms with van der Waals surface area (Å²) >= 11 is 0. The Morgan fingerprint density at radius 3 is 2.33 bits per heavy atom. The van der Waals surface area contributed by atoms with Gasteiger partial charge in [-0.15, -0.1) is 0 Å². The van der Waals surface area contributed by atoms with Gasteiger partial charge < -0.3 is 10.5 Å². The molecule has 0 aliphatic rings. The van der Waals surface area contributed by atoms with E-state index < -0.39 is 11.6 Å². The lowest BCUT2D eigenvalue weighted by Gasteiger charge is -2.14. The number of ketones is 1. The number of nitrogens with zero attached hydrogens (tertiary/aromatic N) is 1. The number of rotatable bonds is 6. The average Bonchev–Trinajstić information content (AvgIpc) is 2.67. The van der Waals surface area contributed by atoms with Crippen LogP contribution in [0.25, 0.3) is 5.69 Å². The van der Waals surface area contributed by atoms with E-state index in [2.05, 4.69) is 6.92 Å². The highest BCUT2D eigenvalue weighted by Gasteiger charge is 2.17. The van der Waals surface area contributed by atoms with Crippen LogP contribution < -0.4 is 16.0 Å². The molecule has 1 heterocycles. The van der Waals surface area contributed by atoms with E-state index in [-0.39, 0.29) is 22.5 Å². The lowest BCUT2D eigenvalue weighted by molar-refractivity contribution is 0.103. The number of nitrogen functional groups attached to an aromatic ring is 1. The van der Waals surface area contributed by atoms with E-state index in [0.29, 0.717) is 24.5 Å². The van der Waals surface area contributed by atoms with Crippen LogP contribution in [0.15, 0.2) is 65.5 Å². The van der Waals surface area contributed by atoms with Crippen LogP contribution in [0.2, 0.25) is 0 Å². The maximum atomic E-state index is 13.1.